The Morgan fingerprint density at radius 2 is 2.08 bits per heavy atom. The third-order valence-corrected chi connectivity index (χ3v) is 1.54. The lowest BCUT2D eigenvalue weighted by atomic mass is 10.5. The van der Waals surface area contributed by atoms with Crippen molar-refractivity contribution in [3.8, 4) is 6.01 Å². The maximum absolute atomic E-state index is 8.46. The number of hydrogen-bond acceptors (Lipinski definition) is 4. The molecule has 0 atom stereocenters. The Labute approximate surface area is 78.7 Å². The lowest BCUT2D eigenvalue weighted by Crippen LogP contribution is -2.02. The SMILES string of the molecule is OCCCOc1ncc(Br)cn1. The summed E-state index contributed by atoms with van der Waals surface area (Å²) < 4.78 is 5.92. The van der Waals surface area contributed by atoms with E-state index in [1.54, 1.807) is 12.4 Å². The van der Waals surface area contributed by atoms with Gasteiger partial charge in [-0.05, 0) is 15.9 Å². The van der Waals surface area contributed by atoms with Gasteiger partial charge in [0, 0.05) is 25.4 Å². The minimum absolute atomic E-state index is 0.122. The zero-order valence-corrected chi connectivity index (χ0v) is 7.99. The Kier molecular flexibility index (Phi) is 3.96. The lowest BCUT2D eigenvalue weighted by Gasteiger charge is -2.01. The summed E-state index contributed by atoms with van der Waals surface area (Å²) in [6.45, 7) is 0.564. The van der Waals surface area contributed by atoms with Crippen LogP contribution in [0.15, 0.2) is 16.9 Å². The summed E-state index contributed by atoms with van der Waals surface area (Å²) >= 11 is 3.21. The Balaban J connectivity index is 2.37. The molecule has 5 heteroatoms. The molecule has 1 N–H and O–H groups in total. The summed E-state index contributed by atoms with van der Waals surface area (Å²) in [6, 6.07) is 0.339. The Morgan fingerprint density at radius 3 is 2.67 bits per heavy atom. The highest BCUT2D eigenvalue weighted by Crippen LogP contribution is 2.07. The van der Waals surface area contributed by atoms with E-state index in [1.165, 1.54) is 0 Å². The van der Waals surface area contributed by atoms with Crippen LogP contribution >= 0.6 is 15.9 Å². The van der Waals surface area contributed by atoms with Crippen LogP contribution in [-0.4, -0.2) is 28.3 Å². The van der Waals surface area contributed by atoms with Gasteiger partial charge in [-0.15, -0.1) is 0 Å². The lowest BCUT2D eigenvalue weighted by molar-refractivity contribution is 0.224. The van der Waals surface area contributed by atoms with Crippen LogP contribution in [0.3, 0.4) is 0 Å². The molecule has 0 radical (unpaired) electrons. The van der Waals surface area contributed by atoms with Crippen molar-refractivity contribution in [2.45, 2.75) is 6.42 Å². The van der Waals surface area contributed by atoms with Gasteiger partial charge in [-0.3, -0.25) is 0 Å². The summed E-state index contributed by atoms with van der Waals surface area (Å²) in [5.74, 6) is 0. The Bertz CT molecular complexity index is 227. The van der Waals surface area contributed by atoms with Crippen molar-refractivity contribution >= 4 is 15.9 Å². The molecule has 12 heavy (non-hydrogen) atoms. The van der Waals surface area contributed by atoms with Crippen molar-refractivity contribution in [3.05, 3.63) is 16.9 Å². The summed E-state index contributed by atoms with van der Waals surface area (Å²) in [6.07, 6.45) is 3.82. The van der Waals surface area contributed by atoms with Gasteiger partial charge in [-0.2, -0.15) is 0 Å². The van der Waals surface area contributed by atoms with E-state index in [2.05, 4.69) is 25.9 Å². The van der Waals surface area contributed by atoms with Crippen LogP contribution in [0.2, 0.25) is 0 Å². The molecule has 0 aliphatic carbocycles. The molecule has 1 aromatic rings. The average Bonchev–Trinajstić information content (AvgIpc) is 2.09. The van der Waals surface area contributed by atoms with Crippen molar-refractivity contribution in [2.75, 3.05) is 13.2 Å². The van der Waals surface area contributed by atoms with Crippen LogP contribution in [0.4, 0.5) is 0 Å². The minimum atomic E-state index is 0.122. The van der Waals surface area contributed by atoms with Gasteiger partial charge in [0.15, 0.2) is 0 Å². The van der Waals surface area contributed by atoms with Crippen LogP contribution < -0.4 is 4.74 Å². The van der Waals surface area contributed by atoms with Gasteiger partial charge in [0.05, 0.1) is 11.1 Å². The number of ether oxygens (including phenoxy) is 1. The normalized spacial score (nSPS) is 9.83. The molecule has 4 nitrogen and oxygen atoms in total. The second-order valence-electron chi connectivity index (χ2n) is 2.11. The van der Waals surface area contributed by atoms with Gasteiger partial charge >= 0.3 is 6.01 Å². The standard InChI is InChI=1S/C7H9BrN2O2/c8-6-4-9-7(10-5-6)12-3-1-2-11/h4-5,11H,1-3H2. The van der Waals surface area contributed by atoms with Crippen molar-refractivity contribution in [3.63, 3.8) is 0 Å². The number of aromatic nitrogens is 2. The van der Waals surface area contributed by atoms with Crippen LogP contribution in [-0.2, 0) is 0 Å². The highest BCUT2D eigenvalue weighted by atomic mass is 79.9. The number of halogens is 1. The molecule has 0 spiro atoms. The summed E-state index contributed by atoms with van der Waals surface area (Å²) in [4.78, 5) is 7.78. The van der Waals surface area contributed by atoms with Crippen LogP contribution in [0.25, 0.3) is 0 Å². The van der Waals surface area contributed by atoms with Crippen molar-refractivity contribution in [1.82, 2.24) is 9.97 Å². The van der Waals surface area contributed by atoms with Crippen molar-refractivity contribution in [1.29, 1.82) is 0 Å². The smallest absolute Gasteiger partial charge is 0.316 e. The third-order valence-electron chi connectivity index (χ3n) is 1.13. The second kappa shape index (κ2) is 5.05. The first kappa shape index (κ1) is 9.41. The van der Waals surface area contributed by atoms with Gasteiger partial charge in [0.25, 0.3) is 0 Å². The summed E-state index contributed by atoms with van der Waals surface area (Å²) in [5.41, 5.74) is 0. The van der Waals surface area contributed by atoms with Gasteiger partial charge < -0.3 is 9.84 Å². The zero-order chi connectivity index (χ0) is 8.81. The minimum Gasteiger partial charge on any atom is -0.463 e. The van der Waals surface area contributed by atoms with Crippen LogP contribution in [0, 0.1) is 0 Å². The second-order valence-corrected chi connectivity index (χ2v) is 3.03. The first-order chi connectivity index (χ1) is 5.83. The van der Waals surface area contributed by atoms with Gasteiger partial charge in [0.2, 0.25) is 0 Å². The number of aliphatic hydroxyl groups excluding tert-OH is 1. The quantitative estimate of drug-likeness (QED) is 0.788. The fourth-order valence-corrected chi connectivity index (χ4v) is 0.808. The Morgan fingerprint density at radius 1 is 1.42 bits per heavy atom. The topological polar surface area (TPSA) is 55.2 Å². The van der Waals surface area contributed by atoms with E-state index in [4.69, 9.17) is 9.84 Å². The predicted octanol–water partition coefficient (Wildman–Crippen LogP) is 1.00. The fourth-order valence-electron chi connectivity index (χ4n) is 0.603. The largest absolute Gasteiger partial charge is 0.463 e. The fraction of sp³-hybridized carbons (Fsp3) is 0.429. The maximum Gasteiger partial charge on any atom is 0.316 e. The molecule has 0 saturated carbocycles. The number of hydrogen-bond donors (Lipinski definition) is 1. The summed E-state index contributed by atoms with van der Waals surface area (Å²) in [7, 11) is 0. The van der Waals surface area contributed by atoms with E-state index in [0.29, 0.717) is 19.0 Å². The third kappa shape index (κ3) is 3.15. The zero-order valence-electron chi connectivity index (χ0n) is 6.40. The maximum atomic E-state index is 8.46. The Hall–Kier alpha value is -0.680. The highest BCUT2D eigenvalue weighted by molar-refractivity contribution is 9.10. The molecule has 0 saturated heterocycles. The van der Waals surface area contributed by atoms with E-state index in [0.717, 1.165) is 4.47 Å². The molecule has 0 amide bonds. The van der Waals surface area contributed by atoms with E-state index in [9.17, 15) is 0 Å². The molecule has 1 aromatic heterocycles. The molecular formula is C7H9BrN2O2. The van der Waals surface area contributed by atoms with Gasteiger partial charge in [0.1, 0.15) is 0 Å². The first-order valence-corrected chi connectivity index (χ1v) is 4.33. The molecule has 0 unspecified atom stereocenters. The monoisotopic (exact) mass is 232 g/mol. The molecule has 1 heterocycles. The predicted molar refractivity (Wildman–Crippen MR) is 46.9 cm³/mol. The van der Waals surface area contributed by atoms with E-state index < -0.39 is 0 Å². The molecule has 0 aromatic carbocycles. The van der Waals surface area contributed by atoms with Crippen molar-refractivity contribution < 1.29 is 9.84 Å². The van der Waals surface area contributed by atoms with E-state index >= 15 is 0 Å². The van der Waals surface area contributed by atoms with E-state index in [1.807, 2.05) is 0 Å². The van der Waals surface area contributed by atoms with Gasteiger partial charge in [-0.25, -0.2) is 9.97 Å². The van der Waals surface area contributed by atoms with Crippen LogP contribution in [0.1, 0.15) is 6.42 Å². The highest BCUT2D eigenvalue weighted by Gasteiger charge is 1.95. The van der Waals surface area contributed by atoms with Crippen LogP contribution in [0.5, 0.6) is 6.01 Å². The summed E-state index contributed by atoms with van der Waals surface area (Å²) in [5, 5.41) is 8.46. The molecular weight excluding hydrogens is 224 g/mol. The molecule has 0 bridgehead atoms. The number of rotatable bonds is 4. The first-order valence-electron chi connectivity index (χ1n) is 3.54. The molecule has 0 fully saturated rings. The van der Waals surface area contributed by atoms with E-state index in [-0.39, 0.29) is 6.61 Å². The molecule has 66 valence electrons. The molecule has 0 aliphatic heterocycles. The van der Waals surface area contributed by atoms with Crippen molar-refractivity contribution in [2.24, 2.45) is 0 Å². The average molecular weight is 233 g/mol. The number of aliphatic hydroxyl groups is 1. The molecule has 0 aliphatic rings. The number of nitrogens with zero attached hydrogens (tertiary/aromatic N) is 2. The molecule has 1 rings (SSSR count). The van der Waals surface area contributed by atoms with Gasteiger partial charge in [-0.1, -0.05) is 0 Å².